The van der Waals surface area contributed by atoms with E-state index in [0.717, 1.165) is 29.0 Å². The number of aryl methyl sites for hydroxylation is 2. The summed E-state index contributed by atoms with van der Waals surface area (Å²) in [6, 6.07) is 11.2. The first-order chi connectivity index (χ1) is 16.8. The number of nitrogens with zero attached hydrogens (tertiary/aromatic N) is 2. The molecule has 0 spiro atoms. The minimum Gasteiger partial charge on any atom is -0.484 e. The predicted molar refractivity (Wildman–Crippen MR) is 140 cm³/mol. The quantitative estimate of drug-likeness (QED) is 0.419. The Balaban J connectivity index is 1.25. The third-order valence-corrected chi connectivity index (χ3v) is 8.13. The molecule has 1 aromatic heterocycles. The van der Waals surface area contributed by atoms with Gasteiger partial charge in [0.1, 0.15) is 11.4 Å². The van der Waals surface area contributed by atoms with Crippen molar-refractivity contribution in [3.8, 4) is 5.75 Å². The van der Waals surface area contributed by atoms with Crippen LogP contribution in [0, 0.1) is 13.8 Å². The molecule has 1 fully saturated rings. The van der Waals surface area contributed by atoms with Crippen LogP contribution >= 0.6 is 34.5 Å². The molecule has 6 nitrogen and oxygen atoms in total. The molecule has 0 unspecified atom stereocenters. The Bertz CT molecular complexity index is 1220. The average Bonchev–Trinajstić information content (AvgIpc) is 3.36. The Labute approximate surface area is 219 Å². The van der Waals surface area contributed by atoms with Crippen LogP contribution in [0.1, 0.15) is 50.9 Å². The Morgan fingerprint density at radius 2 is 1.91 bits per heavy atom. The summed E-state index contributed by atoms with van der Waals surface area (Å²) in [6.07, 6.45) is 1.62. The number of amides is 2. The smallest absolute Gasteiger partial charge is 0.271 e. The molecule has 0 saturated carbocycles. The SMILES string of the molecule is Cc1ccc(OCC(=O)N2CCC(c3nc(C(=O)NCc4cccc(Cl)c4Cl)cs3)CC2)cc1C. The van der Waals surface area contributed by atoms with Crippen molar-refractivity contribution in [3.63, 3.8) is 0 Å². The minimum absolute atomic E-state index is 0.0134. The summed E-state index contributed by atoms with van der Waals surface area (Å²) in [4.78, 5) is 31.6. The molecule has 0 bridgehead atoms. The number of benzene rings is 2. The summed E-state index contributed by atoms with van der Waals surface area (Å²) in [5.74, 6) is 0.677. The number of carbonyl (C=O) groups excluding carboxylic acids is 2. The van der Waals surface area contributed by atoms with Crippen LogP contribution in [0.3, 0.4) is 0 Å². The normalized spacial score (nSPS) is 14.1. The van der Waals surface area contributed by atoms with E-state index in [1.54, 1.807) is 17.5 Å². The van der Waals surface area contributed by atoms with E-state index in [9.17, 15) is 9.59 Å². The van der Waals surface area contributed by atoms with Crippen molar-refractivity contribution in [3.05, 3.63) is 79.2 Å². The fourth-order valence-electron chi connectivity index (χ4n) is 3.95. The number of rotatable bonds is 7. The fraction of sp³-hybridized carbons (Fsp3) is 0.346. The molecule has 0 aliphatic carbocycles. The number of aromatic nitrogens is 1. The molecule has 3 aromatic rings. The third kappa shape index (κ3) is 6.34. The molecular weight excluding hydrogens is 505 g/mol. The summed E-state index contributed by atoms with van der Waals surface area (Å²) < 4.78 is 5.71. The highest BCUT2D eigenvalue weighted by atomic mass is 35.5. The summed E-state index contributed by atoms with van der Waals surface area (Å²) in [7, 11) is 0. The van der Waals surface area contributed by atoms with E-state index in [4.69, 9.17) is 27.9 Å². The molecule has 0 atom stereocenters. The van der Waals surface area contributed by atoms with Crippen LogP contribution in [-0.2, 0) is 11.3 Å². The van der Waals surface area contributed by atoms with Gasteiger partial charge in [0.05, 0.1) is 15.1 Å². The molecular formula is C26H27Cl2N3O3S. The van der Waals surface area contributed by atoms with Gasteiger partial charge in [0, 0.05) is 30.9 Å². The number of hydrogen-bond donors (Lipinski definition) is 1. The zero-order valence-corrected chi connectivity index (χ0v) is 22.0. The van der Waals surface area contributed by atoms with Crippen molar-refractivity contribution >= 4 is 46.4 Å². The number of piperidine rings is 1. The standard InChI is InChI=1S/C26H27Cl2N3O3S/c1-16-6-7-20(12-17(16)2)34-14-23(32)31-10-8-18(9-11-31)26-30-22(15-35-26)25(33)29-13-19-4-3-5-21(27)24(19)28/h3-7,12,15,18H,8-11,13-14H2,1-2H3,(H,29,33). The van der Waals surface area contributed by atoms with E-state index in [-0.39, 0.29) is 30.9 Å². The van der Waals surface area contributed by atoms with Gasteiger partial charge in [-0.2, -0.15) is 0 Å². The van der Waals surface area contributed by atoms with Gasteiger partial charge in [0.15, 0.2) is 6.61 Å². The molecule has 4 rings (SSSR count). The van der Waals surface area contributed by atoms with Gasteiger partial charge in [0.25, 0.3) is 11.8 Å². The van der Waals surface area contributed by atoms with Crippen LogP contribution in [0.5, 0.6) is 5.75 Å². The van der Waals surface area contributed by atoms with Gasteiger partial charge in [-0.3, -0.25) is 9.59 Å². The largest absolute Gasteiger partial charge is 0.484 e. The van der Waals surface area contributed by atoms with Gasteiger partial charge in [0.2, 0.25) is 0 Å². The summed E-state index contributed by atoms with van der Waals surface area (Å²) in [6.45, 7) is 5.67. The maximum atomic E-state index is 12.6. The van der Waals surface area contributed by atoms with E-state index in [2.05, 4.69) is 10.3 Å². The van der Waals surface area contributed by atoms with Crippen molar-refractivity contribution < 1.29 is 14.3 Å². The second-order valence-electron chi connectivity index (χ2n) is 8.66. The number of carbonyl (C=O) groups is 2. The minimum atomic E-state index is -0.250. The lowest BCUT2D eigenvalue weighted by atomic mass is 9.97. The first-order valence-corrected chi connectivity index (χ1v) is 13.1. The summed E-state index contributed by atoms with van der Waals surface area (Å²) in [5.41, 5.74) is 3.48. The monoisotopic (exact) mass is 531 g/mol. The number of nitrogens with one attached hydrogen (secondary N) is 1. The predicted octanol–water partition coefficient (Wildman–Crippen LogP) is 5.78. The zero-order chi connectivity index (χ0) is 24.9. The van der Waals surface area contributed by atoms with Gasteiger partial charge in [-0.25, -0.2) is 4.98 Å². The third-order valence-electron chi connectivity index (χ3n) is 6.26. The van der Waals surface area contributed by atoms with Crippen molar-refractivity contribution in [1.29, 1.82) is 0 Å². The molecule has 9 heteroatoms. The van der Waals surface area contributed by atoms with Crippen molar-refractivity contribution in [2.24, 2.45) is 0 Å². The van der Waals surface area contributed by atoms with E-state index in [1.165, 1.54) is 16.9 Å². The number of ether oxygens (including phenoxy) is 1. The van der Waals surface area contributed by atoms with Crippen LogP contribution in [-0.4, -0.2) is 41.4 Å². The van der Waals surface area contributed by atoms with Crippen molar-refractivity contribution in [2.45, 2.75) is 39.2 Å². The highest BCUT2D eigenvalue weighted by Gasteiger charge is 2.26. The highest BCUT2D eigenvalue weighted by Crippen LogP contribution is 2.31. The van der Waals surface area contributed by atoms with E-state index >= 15 is 0 Å². The maximum absolute atomic E-state index is 12.6. The second kappa shape index (κ2) is 11.4. The van der Waals surface area contributed by atoms with Crippen molar-refractivity contribution in [1.82, 2.24) is 15.2 Å². The topological polar surface area (TPSA) is 71.5 Å². The lowest BCUT2D eigenvalue weighted by Gasteiger charge is -2.31. The Hall–Kier alpha value is -2.61. The van der Waals surface area contributed by atoms with Crippen LogP contribution in [0.15, 0.2) is 41.8 Å². The van der Waals surface area contributed by atoms with E-state index < -0.39 is 0 Å². The van der Waals surface area contributed by atoms with Gasteiger partial charge in [-0.05, 0) is 61.6 Å². The molecule has 0 radical (unpaired) electrons. The van der Waals surface area contributed by atoms with Crippen LogP contribution in [0.2, 0.25) is 10.0 Å². The number of likely N-dealkylation sites (tertiary alicyclic amines) is 1. The van der Waals surface area contributed by atoms with E-state index in [0.29, 0.717) is 34.6 Å². The van der Waals surface area contributed by atoms with Gasteiger partial charge < -0.3 is 15.0 Å². The van der Waals surface area contributed by atoms with Crippen molar-refractivity contribution in [2.75, 3.05) is 19.7 Å². The number of hydrogen-bond acceptors (Lipinski definition) is 5. The van der Waals surface area contributed by atoms with Crippen LogP contribution in [0.4, 0.5) is 0 Å². The second-order valence-corrected chi connectivity index (χ2v) is 10.3. The highest BCUT2D eigenvalue weighted by molar-refractivity contribution is 7.09. The summed E-state index contributed by atoms with van der Waals surface area (Å²) in [5, 5.41) is 6.45. The lowest BCUT2D eigenvalue weighted by Crippen LogP contribution is -2.40. The van der Waals surface area contributed by atoms with Gasteiger partial charge in [-0.1, -0.05) is 41.4 Å². The molecule has 35 heavy (non-hydrogen) atoms. The fourth-order valence-corrected chi connectivity index (χ4v) is 5.30. The number of thiazole rings is 1. The molecule has 2 amide bonds. The Morgan fingerprint density at radius 3 is 2.66 bits per heavy atom. The van der Waals surface area contributed by atoms with E-state index in [1.807, 2.05) is 43.0 Å². The van der Waals surface area contributed by atoms with Crippen LogP contribution < -0.4 is 10.1 Å². The molecule has 1 aliphatic heterocycles. The molecule has 184 valence electrons. The van der Waals surface area contributed by atoms with Crippen LogP contribution in [0.25, 0.3) is 0 Å². The Kier molecular flexibility index (Phi) is 8.31. The first-order valence-electron chi connectivity index (χ1n) is 11.5. The first kappa shape index (κ1) is 25.5. The van der Waals surface area contributed by atoms with Gasteiger partial charge in [-0.15, -0.1) is 11.3 Å². The molecule has 2 aromatic carbocycles. The zero-order valence-electron chi connectivity index (χ0n) is 19.6. The molecule has 1 N–H and O–H groups in total. The molecule has 1 saturated heterocycles. The number of halogens is 2. The molecule has 1 aliphatic rings. The lowest BCUT2D eigenvalue weighted by molar-refractivity contribution is -0.134. The maximum Gasteiger partial charge on any atom is 0.271 e. The van der Waals surface area contributed by atoms with Gasteiger partial charge >= 0.3 is 0 Å². The Morgan fingerprint density at radius 1 is 1.14 bits per heavy atom. The molecule has 2 heterocycles. The summed E-state index contributed by atoms with van der Waals surface area (Å²) >= 11 is 13.7. The average molecular weight is 532 g/mol.